The number of benzene rings is 2. The number of nitrogens with one attached hydrogen (secondary N) is 1. The van der Waals surface area contributed by atoms with Crippen LogP contribution in [-0.2, 0) is 4.79 Å². The Morgan fingerprint density at radius 1 is 1.06 bits per heavy atom. The first-order valence-corrected chi connectivity index (χ1v) is 11.8. The molecular formula is C27H22N4O3S. The maximum atomic E-state index is 13.6. The van der Waals surface area contributed by atoms with Crippen LogP contribution in [0.15, 0.2) is 100 Å². The van der Waals surface area contributed by atoms with Gasteiger partial charge in [0.2, 0.25) is 0 Å². The number of ether oxygens (including phenoxy) is 1. The fourth-order valence-corrected chi connectivity index (χ4v) is 5.09. The second-order valence-electron chi connectivity index (χ2n) is 7.96. The fourth-order valence-electron chi connectivity index (χ4n) is 4.04. The molecule has 0 bridgehead atoms. The van der Waals surface area contributed by atoms with E-state index < -0.39 is 6.04 Å². The molecule has 2 aromatic carbocycles. The van der Waals surface area contributed by atoms with E-state index in [1.165, 1.54) is 11.3 Å². The van der Waals surface area contributed by atoms with Crippen LogP contribution in [0.4, 0.5) is 5.69 Å². The van der Waals surface area contributed by atoms with Gasteiger partial charge >= 0.3 is 0 Å². The number of anilines is 1. The van der Waals surface area contributed by atoms with Crippen LogP contribution in [0, 0.1) is 0 Å². The summed E-state index contributed by atoms with van der Waals surface area (Å²) in [5, 5.41) is 2.95. The summed E-state index contributed by atoms with van der Waals surface area (Å²) in [5.74, 6) is 0.386. The summed E-state index contributed by atoms with van der Waals surface area (Å²) in [6, 6.07) is 19.7. The molecule has 3 heterocycles. The first kappa shape index (κ1) is 22.5. The van der Waals surface area contributed by atoms with Gasteiger partial charge in [-0.3, -0.25) is 19.1 Å². The van der Waals surface area contributed by atoms with E-state index >= 15 is 0 Å². The zero-order chi connectivity index (χ0) is 24.4. The highest BCUT2D eigenvalue weighted by Gasteiger charge is 2.32. The molecule has 0 saturated carbocycles. The number of pyridine rings is 1. The van der Waals surface area contributed by atoms with Gasteiger partial charge in [0.25, 0.3) is 11.5 Å². The Hall–Kier alpha value is -4.30. The molecule has 0 spiro atoms. The minimum absolute atomic E-state index is 0.205. The van der Waals surface area contributed by atoms with E-state index in [4.69, 9.17) is 4.74 Å². The lowest BCUT2D eigenvalue weighted by Gasteiger charge is -2.25. The first-order valence-electron chi connectivity index (χ1n) is 11.0. The number of amides is 1. The van der Waals surface area contributed by atoms with Crippen molar-refractivity contribution in [3.8, 4) is 5.75 Å². The molecule has 8 heteroatoms. The van der Waals surface area contributed by atoms with Crippen LogP contribution in [0.25, 0.3) is 6.08 Å². The van der Waals surface area contributed by atoms with Crippen LogP contribution in [0.3, 0.4) is 0 Å². The number of carbonyl (C=O) groups is 1. The largest absolute Gasteiger partial charge is 0.497 e. The van der Waals surface area contributed by atoms with Gasteiger partial charge in [-0.15, -0.1) is 0 Å². The van der Waals surface area contributed by atoms with E-state index in [0.717, 1.165) is 11.1 Å². The van der Waals surface area contributed by atoms with E-state index in [-0.39, 0.29) is 11.5 Å². The normalized spacial score (nSPS) is 15.4. The summed E-state index contributed by atoms with van der Waals surface area (Å²) in [7, 11) is 1.60. The van der Waals surface area contributed by atoms with Gasteiger partial charge in [0, 0.05) is 18.1 Å². The number of allylic oxidation sites excluding steroid dienone is 1. The number of fused-ring (bicyclic) bond motifs is 1. The van der Waals surface area contributed by atoms with E-state index in [9.17, 15) is 9.59 Å². The average Bonchev–Trinajstić information content (AvgIpc) is 3.18. The maximum absolute atomic E-state index is 13.6. The molecule has 0 fully saturated rings. The Morgan fingerprint density at radius 2 is 1.77 bits per heavy atom. The monoisotopic (exact) mass is 482 g/mol. The zero-order valence-corrected chi connectivity index (χ0v) is 20.0. The Balaban J connectivity index is 1.67. The summed E-state index contributed by atoms with van der Waals surface area (Å²) in [4.78, 5) is 36.4. The smallest absolute Gasteiger partial charge is 0.271 e. The minimum Gasteiger partial charge on any atom is -0.497 e. The molecule has 174 valence electrons. The Bertz CT molecular complexity index is 1590. The number of para-hydroxylation sites is 1. The number of hydrogen-bond donors (Lipinski definition) is 1. The van der Waals surface area contributed by atoms with Gasteiger partial charge < -0.3 is 10.1 Å². The van der Waals surface area contributed by atoms with Crippen molar-refractivity contribution in [3.05, 3.63) is 121 Å². The maximum Gasteiger partial charge on any atom is 0.271 e. The summed E-state index contributed by atoms with van der Waals surface area (Å²) >= 11 is 1.30. The topological polar surface area (TPSA) is 85.6 Å². The Labute approximate surface area is 205 Å². The number of hydrogen-bond acceptors (Lipinski definition) is 6. The Morgan fingerprint density at radius 3 is 2.46 bits per heavy atom. The van der Waals surface area contributed by atoms with Crippen molar-refractivity contribution in [2.24, 2.45) is 4.99 Å². The van der Waals surface area contributed by atoms with Crippen molar-refractivity contribution in [1.29, 1.82) is 0 Å². The van der Waals surface area contributed by atoms with Crippen molar-refractivity contribution in [1.82, 2.24) is 9.55 Å². The van der Waals surface area contributed by atoms with Gasteiger partial charge in [0.1, 0.15) is 5.75 Å². The van der Waals surface area contributed by atoms with Crippen LogP contribution in [-0.4, -0.2) is 22.6 Å². The standard InChI is InChI=1S/C27H22N4O3S/c1-17-23(25(32)30-20-6-4-3-5-7-20)24(19-8-10-21(34-2)11-9-19)31-26(33)22(35-27(31)29-17)16-18-12-14-28-15-13-18/h3-16,24H,1-2H3,(H,30,32)/b22-16+/t24-/m0/s1. The van der Waals surface area contributed by atoms with Crippen molar-refractivity contribution in [2.75, 3.05) is 12.4 Å². The summed E-state index contributed by atoms with van der Waals surface area (Å²) in [6.07, 6.45) is 5.18. The molecule has 5 rings (SSSR count). The van der Waals surface area contributed by atoms with Crippen molar-refractivity contribution >= 4 is 29.0 Å². The highest BCUT2D eigenvalue weighted by Crippen LogP contribution is 2.31. The third-order valence-electron chi connectivity index (χ3n) is 5.73. The number of nitrogens with zero attached hydrogens (tertiary/aromatic N) is 3. The molecule has 1 aliphatic rings. The first-order chi connectivity index (χ1) is 17.0. The average molecular weight is 483 g/mol. The van der Waals surface area contributed by atoms with Gasteiger partial charge in [-0.25, -0.2) is 4.99 Å². The third kappa shape index (κ3) is 4.43. The highest BCUT2D eigenvalue weighted by atomic mass is 32.1. The molecule has 7 nitrogen and oxygen atoms in total. The quantitative estimate of drug-likeness (QED) is 0.473. The molecule has 1 N–H and O–H groups in total. The molecule has 35 heavy (non-hydrogen) atoms. The Kier molecular flexibility index (Phi) is 6.12. The summed E-state index contributed by atoms with van der Waals surface area (Å²) < 4.78 is 7.45. The zero-order valence-electron chi connectivity index (χ0n) is 19.1. The van der Waals surface area contributed by atoms with Crippen LogP contribution < -0.4 is 24.9 Å². The molecular weight excluding hydrogens is 460 g/mol. The molecule has 0 aliphatic carbocycles. The van der Waals surface area contributed by atoms with Crippen LogP contribution in [0.1, 0.15) is 24.1 Å². The van der Waals surface area contributed by atoms with Crippen LogP contribution >= 0.6 is 11.3 Å². The van der Waals surface area contributed by atoms with Crippen LogP contribution in [0.2, 0.25) is 0 Å². The highest BCUT2D eigenvalue weighted by molar-refractivity contribution is 7.07. The lowest BCUT2D eigenvalue weighted by molar-refractivity contribution is -0.113. The van der Waals surface area contributed by atoms with E-state index in [2.05, 4.69) is 15.3 Å². The molecule has 0 unspecified atom stereocenters. The third-order valence-corrected chi connectivity index (χ3v) is 6.72. The van der Waals surface area contributed by atoms with Gasteiger partial charge in [-0.05, 0) is 60.5 Å². The van der Waals surface area contributed by atoms with Gasteiger partial charge in [0.05, 0.1) is 29.0 Å². The second-order valence-corrected chi connectivity index (χ2v) is 8.96. The SMILES string of the molecule is COc1ccc([C@H]2C(C(=O)Nc3ccccc3)=C(C)N=c3s/c(=C/c4ccncc4)c(=O)n32)cc1. The van der Waals surface area contributed by atoms with Crippen LogP contribution in [0.5, 0.6) is 5.75 Å². The molecule has 1 atom stereocenters. The summed E-state index contributed by atoms with van der Waals surface area (Å²) in [5.41, 5.74) is 3.10. The predicted octanol–water partition coefficient (Wildman–Crippen LogP) is 3.28. The molecule has 1 amide bonds. The number of thiazole rings is 1. The molecule has 2 aromatic heterocycles. The number of methoxy groups -OCH3 is 1. The second kappa shape index (κ2) is 9.52. The molecule has 0 saturated heterocycles. The number of aromatic nitrogens is 2. The molecule has 0 radical (unpaired) electrons. The number of carbonyl (C=O) groups excluding carboxylic acids is 1. The summed E-state index contributed by atoms with van der Waals surface area (Å²) in [6.45, 7) is 1.80. The minimum atomic E-state index is -0.638. The number of rotatable bonds is 5. The fraction of sp³-hybridized carbons (Fsp3) is 0.111. The van der Waals surface area contributed by atoms with Gasteiger partial charge in [-0.2, -0.15) is 0 Å². The molecule has 1 aliphatic heterocycles. The van der Waals surface area contributed by atoms with Crippen molar-refractivity contribution in [3.63, 3.8) is 0 Å². The molecule has 4 aromatic rings. The lowest BCUT2D eigenvalue weighted by atomic mass is 9.95. The van der Waals surface area contributed by atoms with Crippen molar-refractivity contribution < 1.29 is 9.53 Å². The van der Waals surface area contributed by atoms with Gasteiger partial charge in [-0.1, -0.05) is 41.7 Å². The van der Waals surface area contributed by atoms with E-state index in [1.54, 1.807) is 31.0 Å². The van der Waals surface area contributed by atoms with E-state index in [1.807, 2.05) is 72.8 Å². The lowest BCUT2D eigenvalue weighted by Crippen LogP contribution is -2.40. The van der Waals surface area contributed by atoms with Crippen molar-refractivity contribution in [2.45, 2.75) is 13.0 Å². The van der Waals surface area contributed by atoms with Gasteiger partial charge in [0.15, 0.2) is 4.80 Å². The van der Waals surface area contributed by atoms with E-state index in [0.29, 0.717) is 32.0 Å². The predicted molar refractivity (Wildman–Crippen MR) is 136 cm³/mol.